The van der Waals surface area contributed by atoms with Crippen LogP contribution in [0.1, 0.15) is 23.7 Å². The molecule has 1 amide bonds. The largest absolute Gasteiger partial charge is 0.350 e. The van der Waals surface area contributed by atoms with Gasteiger partial charge in [0.25, 0.3) is 5.91 Å². The summed E-state index contributed by atoms with van der Waals surface area (Å²) in [5, 5.41) is 3.82. The third kappa shape index (κ3) is 3.04. The van der Waals surface area contributed by atoms with Gasteiger partial charge in [-0.3, -0.25) is 14.8 Å². The van der Waals surface area contributed by atoms with Crippen LogP contribution in [0.25, 0.3) is 11.0 Å². The number of rotatable bonds is 4. The fraction of sp³-hybridized carbons (Fsp3) is 0.308. The molecule has 0 aliphatic heterocycles. The van der Waals surface area contributed by atoms with Crippen LogP contribution in [0, 0.1) is 0 Å². The average Bonchev–Trinajstić information content (AvgIpc) is 2.38. The Morgan fingerprint density at radius 3 is 2.78 bits per heavy atom. The average molecular weight is 308 g/mol. The molecule has 1 aromatic carbocycles. The number of nitrogens with one attached hydrogen (secondary N) is 1. The number of hydrogen-bond donors (Lipinski definition) is 1. The summed E-state index contributed by atoms with van der Waals surface area (Å²) >= 11 is 3.36. The number of benzene rings is 1. The lowest BCUT2D eigenvalue weighted by Crippen LogP contribution is -2.32. The zero-order chi connectivity index (χ0) is 13.0. The normalized spacial score (nSPS) is 12.3. The number of fused-ring (bicyclic) bond motifs is 1. The molecule has 0 fully saturated rings. The van der Waals surface area contributed by atoms with Crippen LogP contribution in [-0.2, 0) is 0 Å². The van der Waals surface area contributed by atoms with Crippen LogP contribution in [0.15, 0.2) is 30.6 Å². The highest BCUT2D eigenvalue weighted by atomic mass is 79.9. The zero-order valence-corrected chi connectivity index (χ0v) is 11.6. The van der Waals surface area contributed by atoms with Gasteiger partial charge >= 0.3 is 0 Å². The number of halogens is 1. The molecule has 0 radical (unpaired) electrons. The predicted octanol–water partition coefficient (Wildman–Crippen LogP) is 2.53. The molecular formula is C13H14BrN3O. The van der Waals surface area contributed by atoms with E-state index in [4.69, 9.17) is 0 Å². The molecule has 2 aromatic rings. The van der Waals surface area contributed by atoms with Crippen LogP contribution >= 0.6 is 15.9 Å². The maximum atomic E-state index is 12.0. The maximum absolute atomic E-state index is 12.0. The Hall–Kier alpha value is -1.49. The van der Waals surface area contributed by atoms with Gasteiger partial charge in [0.2, 0.25) is 0 Å². The van der Waals surface area contributed by atoms with Crippen molar-refractivity contribution in [2.75, 3.05) is 5.33 Å². The van der Waals surface area contributed by atoms with Gasteiger partial charge in [0, 0.05) is 29.3 Å². The number of carbonyl (C=O) groups is 1. The summed E-state index contributed by atoms with van der Waals surface area (Å²) in [4.78, 5) is 20.4. The summed E-state index contributed by atoms with van der Waals surface area (Å²) in [6.45, 7) is 1.99. The van der Waals surface area contributed by atoms with E-state index >= 15 is 0 Å². The Bertz CT molecular complexity index is 559. The van der Waals surface area contributed by atoms with Crippen molar-refractivity contribution in [3.8, 4) is 0 Å². The fourth-order valence-corrected chi connectivity index (χ4v) is 2.33. The first-order valence-electron chi connectivity index (χ1n) is 5.78. The first-order chi connectivity index (χ1) is 8.70. The molecule has 1 atom stereocenters. The van der Waals surface area contributed by atoms with Crippen LogP contribution in [0.4, 0.5) is 0 Å². The minimum atomic E-state index is -0.0731. The van der Waals surface area contributed by atoms with Crippen molar-refractivity contribution in [1.29, 1.82) is 0 Å². The number of nitrogens with zero attached hydrogens (tertiary/aromatic N) is 2. The standard InChI is InChI=1S/C13H14BrN3O/c1-9(4-5-14)17-13(18)10-2-3-11-12(8-10)16-7-6-15-11/h2-3,6-9H,4-5H2,1H3,(H,17,18). The summed E-state index contributed by atoms with van der Waals surface area (Å²) < 4.78 is 0. The molecule has 18 heavy (non-hydrogen) atoms. The van der Waals surface area contributed by atoms with Gasteiger partial charge in [-0.05, 0) is 31.5 Å². The van der Waals surface area contributed by atoms with Crippen molar-refractivity contribution < 1.29 is 4.79 Å². The van der Waals surface area contributed by atoms with E-state index in [9.17, 15) is 4.79 Å². The Kier molecular flexibility index (Phi) is 4.25. The van der Waals surface area contributed by atoms with Crippen molar-refractivity contribution in [3.63, 3.8) is 0 Å². The van der Waals surface area contributed by atoms with Crippen molar-refractivity contribution >= 4 is 32.9 Å². The van der Waals surface area contributed by atoms with Crippen LogP contribution in [0.5, 0.6) is 0 Å². The topological polar surface area (TPSA) is 54.9 Å². The summed E-state index contributed by atoms with van der Waals surface area (Å²) in [5.74, 6) is -0.0731. The molecule has 5 heteroatoms. The number of hydrogen-bond acceptors (Lipinski definition) is 3. The minimum Gasteiger partial charge on any atom is -0.350 e. The van der Waals surface area contributed by atoms with Gasteiger partial charge in [0.1, 0.15) is 0 Å². The second-order valence-corrected chi connectivity index (χ2v) is 4.90. The third-order valence-corrected chi connectivity index (χ3v) is 3.11. The second-order valence-electron chi connectivity index (χ2n) is 4.11. The molecule has 0 spiro atoms. The van der Waals surface area contributed by atoms with Gasteiger partial charge in [0.15, 0.2) is 0 Å². The molecule has 0 bridgehead atoms. The second kappa shape index (κ2) is 5.91. The van der Waals surface area contributed by atoms with Gasteiger partial charge in [-0.1, -0.05) is 15.9 Å². The van der Waals surface area contributed by atoms with Crippen LogP contribution in [0.3, 0.4) is 0 Å². The molecule has 0 saturated carbocycles. The molecule has 1 unspecified atom stereocenters. The SMILES string of the molecule is CC(CCBr)NC(=O)c1ccc2nccnc2c1. The highest BCUT2D eigenvalue weighted by Crippen LogP contribution is 2.11. The Morgan fingerprint density at radius 1 is 1.33 bits per heavy atom. The van der Waals surface area contributed by atoms with Gasteiger partial charge in [-0.2, -0.15) is 0 Å². The van der Waals surface area contributed by atoms with E-state index in [1.54, 1.807) is 24.5 Å². The molecule has 0 saturated heterocycles. The molecule has 0 aliphatic carbocycles. The zero-order valence-electron chi connectivity index (χ0n) is 10.1. The summed E-state index contributed by atoms with van der Waals surface area (Å²) in [5.41, 5.74) is 2.14. The van der Waals surface area contributed by atoms with Crippen molar-refractivity contribution in [2.45, 2.75) is 19.4 Å². The fourth-order valence-electron chi connectivity index (χ4n) is 1.65. The molecule has 2 rings (SSSR count). The molecule has 94 valence electrons. The first-order valence-corrected chi connectivity index (χ1v) is 6.90. The van der Waals surface area contributed by atoms with Crippen molar-refractivity contribution in [3.05, 3.63) is 36.2 Å². The Balaban J connectivity index is 2.17. The van der Waals surface area contributed by atoms with Crippen LogP contribution in [-0.4, -0.2) is 27.2 Å². The molecule has 1 heterocycles. The first kappa shape index (κ1) is 13.0. The predicted molar refractivity (Wildman–Crippen MR) is 74.9 cm³/mol. The smallest absolute Gasteiger partial charge is 0.251 e. The summed E-state index contributed by atoms with van der Waals surface area (Å²) in [6, 6.07) is 5.49. The van der Waals surface area contributed by atoms with Gasteiger partial charge in [-0.15, -0.1) is 0 Å². The van der Waals surface area contributed by atoms with Crippen LogP contribution < -0.4 is 5.32 Å². The molecular weight excluding hydrogens is 294 g/mol. The number of aromatic nitrogens is 2. The van der Waals surface area contributed by atoms with E-state index in [1.165, 1.54) is 0 Å². The lowest BCUT2D eigenvalue weighted by Gasteiger charge is -2.12. The highest BCUT2D eigenvalue weighted by Gasteiger charge is 2.10. The lowest BCUT2D eigenvalue weighted by molar-refractivity contribution is 0.0939. The van der Waals surface area contributed by atoms with E-state index < -0.39 is 0 Å². The number of alkyl halides is 1. The van der Waals surface area contributed by atoms with E-state index in [0.29, 0.717) is 5.56 Å². The Labute approximate surface area is 114 Å². The summed E-state index contributed by atoms with van der Waals surface area (Å²) in [7, 11) is 0. The van der Waals surface area contributed by atoms with Crippen molar-refractivity contribution in [2.24, 2.45) is 0 Å². The maximum Gasteiger partial charge on any atom is 0.251 e. The minimum absolute atomic E-state index is 0.0731. The molecule has 4 nitrogen and oxygen atoms in total. The van der Waals surface area contributed by atoms with Gasteiger partial charge in [0.05, 0.1) is 11.0 Å². The van der Waals surface area contributed by atoms with Gasteiger partial charge < -0.3 is 5.32 Å². The Morgan fingerprint density at radius 2 is 2.06 bits per heavy atom. The number of carbonyl (C=O) groups excluding carboxylic acids is 1. The van der Waals surface area contributed by atoms with E-state index in [0.717, 1.165) is 22.8 Å². The van der Waals surface area contributed by atoms with Gasteiger partial charge in [-0.25, -0.2) is 0 Å². The molecule has 0 aliphatic rings. The summed E-state index contributed by atoms with van der Waals surface area (Å²) in [6.07, 6.45) is 4.16. The molecule has 1 N–H and O–H groups in total. The lowest BCUT2D eigenvalue weighted by atomic mass is 10.1. The quantitative estimate of drug-likeness (QED) is 0.883. The van der Waals surface area contributed by atoms with Crippen LogP contribution in [0.2, 0.25) is 0 Å². The van der Waals surface area contributed by atoms with Crippen molar-refractivity contribution in [1.82, 2.24) is 15.3 Å². The number of amides is 1. The molecule has 1 aromatic heterocycles. The van der Waals surface area contributed by atoms with E-state index in [1.807, 2.05) is 13.0 Å². The van der Waals surface area contributed by atoms with E-state index in [-0.39, 0.29) is 11.9 Å². The third-order valence-electron chi connectivity index (χ3n) is 2.65. The highest BCUT2D eigenvalue weighted by molar-refractivity contribution is 9.09. The monoisotopic (exact) mass is 307 g/mol. The van der Waals surface area contributed by atoms with E-state index in [2.05, 4.69) is 31.2 Å².